The molecular formula is C24H26NPS. The number of nitrogens with zero attached hydrogens (tertiary/aromatic N) is 1. The highest BCUT2D eigenvalue weighted by Crippen LogP contribution is 2.46. The van der Waals surface area contributed by atoms with E-state index >= 15 is 0 Å². The molecule has 0 bridgehead atoms. The van der Waals surface area contributed by atoms with Crippen molar-refractivity contribution in [3.05, 3.63) is 90.6 Å². The van der Waals surface area contributed by atoms with Crippen molar-refractivity contribution in [2.45, 2.75) is 20.8 Å². The molecule has 1 nitrogen and oxygen atoms in total. The van der Waals surface area contributed by atoms with Crippen molar-refractivity contribution in [1.29, 1.82) is 0 Å². The predicted molar refractivity (Wildman–Crippen MR) is 125 cm³/mol. The van der Waals surface area contributed by atoms with Gasteiger partial charge in [-0.15, -0.1) is 0 Å². The normalized spacial score (nSPS) is 11.1. The Morgan fingerprint density at radius 3 is 1.67 bits per heavy atom. The predicted octanol–water partition coefficient (Wildman–Crippen LogP) is 5.27. The maximum atomic E-state index is 6.53. The third-order valence-electron chi connectivity index (χ3n) is 4.92. The topological polar surface area (TPSA) is 4.93 Å². The Labute approximate surface area is 167 Å². The van der Waals surface area contributed by atoms with Gasteiger partial charge in [-0.2, -0.15) is 0 Å². The summed E-state index contributed by atoms with van der Waals surface area (Å²) in [4.78, 5) is 0. The third-order valence-corrected chi connectivity index (χ3v) is 9.98. The minimum Gasteiger partial charge on any atom is -0.347 e. The lowest BCUT2D eigenvalue weighted by Crippen LogP contribution is -2.26. The van der Waals surface area contributed by atoms with Gasteiger partial charge in [-0.05, 0) is 23.6 Å². The molecule has 0 unspecified atom stereocenters. The van der Waals surface area contributed by atoms with Crippen LogP contribution in [0, 0.1) is 6.92 Å². The molecule has 1 heterocycles. The summed E-state index contributed by atoms with van der Waals surface area (Å²) < 4.78 is 2.28. The van der Waals surface area contributed by atoms with E-state index in [2.05, 4.69) is 103 Å². The Hall–Kier alpha value is -2.15. The van der Waals surface area contributed by atoms with Crippen LogP contribution >= 0.6 is 6.04 Å². The van der Waals surface area contributed by atoms with E-state index in [1.807, 2.05) is 13.8 Å². The van der Waals surface area contributed by atoms with E-state index < -0.39 is 6.04 Å². The summed E-state index contributed by atoms with van der Waals surface area (Å²) in [6, 6.07) is 27.7. The van der Waals surface area contributed by atoms with Crippen molar-refractivity contribution in [3.63, 3.8) is 0 Å². The highest BCUT2D eigenvalue weighted by Gasteiger charge is 2.30. The molecule has 4 aromatic rings. The first-order valence-electron chi connectivity index (χ1n) is 9.40. The molecule has 0 radical (unpaired) electrons. The van der Waals surface area contributed by atoms with Crippen LogP contribution in [0.5, 0.6) is 0 Å². The zero-order valence-corrected chi connectivity index (χ0v) is 18.1. The van der Waals surface area contributed by atoms with Crippen LogP contribution in [0.25, 0.3) is 10.9 Å². The molecule has 27 heavy (non-hydrogen) atoms. The van der Waals surface area contributed by atoms with Crippen molar-refractivity contribution in [2.24, 2.45) is 7.05 Å². The van der Waals surface area contributed by atoms with Crippen LogP contribution < -0.4 is 15.9 Å². The second kappa shape index (κ2) is 8.25. The van der Waals surface area contributed by atoms with Gasteiger partial charge in [0.25, 0.3) is 0 Å². The molecule has 4 rings (SSSR count). The minimum absolute atomic E-state index is 1.25. The van der Waals surface area contributed by atoms with E-state index in [-0.39, 0.29) is 0 Å². The lowest BCUT2D eigenvalue weighted by molar-refractivity contribution is 0.923. The van der Waals surface area contributed by atoms with Crippen LogP contribution in [0.4, 0.5) is 0 Å². The summed E-state index contributed by atoms with van der Waals surface area (Å²) >= 11 is 6.53. The van der Waals surface area contributed by atoms with Crippen molar-refractivity contribution >= 4 is 44.7 Å². The number of hydrogen-bond donors (Lipinski definition) is 0. The minimum atomic E-state index is -2.13. The lowest BCUT2D eigenvalue weighted by Gasteiger charge is -2.24. The Morgan fingerprint density at radius 2 is 1.15 bits per heavy atom. The van der Waals surface area contributed by atoms with Gasteiger partial charge < -0.3 is 4.57 Å². The average molecular weight is 392 g/mol. The van der Waals surface area contributed by atoms with E-state index in [4.69, 9.17) is 11.8 Å². The highest BCUT2D eigenvalue weighted by atomic mass is 32.4. The number of rotatable bonds is 3. The number of para-hydroxylation sites is 1. The number of fused-ring (bicyclic) bond motifs is 1. The van der Waals surface area contributed by atoms with Gasteiger partial charge in [-0.3, -0.25) is 0 Å². The highest BCUT2D eigenvalue weighted by molar-refractivity contribution is 8.25. The molecule has 138 valence electrons. The Balaban J connectivity index is 0.00000102. The maximum absolute atomic E-state index is 6.53. The molecule has 0 amide bonds. The van der Waals surface area contributed by atoms with Gasteiger partial charge in [-0.1, -0.05) is 105 Å². The monoisotopic (exact) mass is 391 g/mol. The van der Waals surface area contributed by atoms with Crippen LogP contribution in [0.1, 0.15) is 19.5 Å². The quantitative estimate of drug-likeness (QED) is 0.431. The molecule has 0 saturated heterocycles. The fourth-order valence-electron chi connectivity index (χ4n) is 3.58. The summed E-state index contributed by atoms with van der Waals surface area (Å²) in [5.41, 5.74) is 2.51. The van der Waals surface area contributed by atoms with E-state index in [1.165, 1.54) is 32.5 Å². The summed E-state index contributed by atoms with van der Waals surface area (Å²) in [6.07, 6.45) is 0. The van der Waals surface area contributed by atoms with Crippen molar-refractivity contribution in [3.8, 4) is 0 Å². The summed E-state index contributed by atoms with van der Waals surface area (Å²) in [5, 5.41) is 5.09. The molecule has 0 aliphatic heterocycles. The van der Waals surface area contributed by atoms with Crippen LogP contribution in [0.3, 0.4) is 0 Å². The molecule has 0 saturated carbocycles. The Morgan fingerprint density at radius 1 is 0.704 bits per heavy atom. The van der Waals surface area contributed by atoms with E-state index in [1.54, 1.807) is 0 Å². The average Bonchev–Trinajstić information content (AvgIpc) is 3.01. The van der Waals surface area contributed by atoms with E-state index in [0.29, 0.717) is 0 Å². The second-order valence-electron chi connectivity index (χ2n) is 6.29. The van der Waals surface area contributed by atoms with Gasteiger partial charge in [0.1, 0.15) is 0 Å². The fraction of sp³-hybridized carbons (Fsp3) is 0.167. The molecule has 3 heteroatoms. The van der Waals surface area contributed by atoms with Crippen molar-refractivity contribution in [2.75, 3.05) is 0 Å². The fourth-order valence-corrected chi connectivity index (χ4v) is 8.14. The van der Waals surface area contributed by atoms with Crippen LogP contribution in [0.2, 0.25) is 0 Å². The second-order valence-corrected chi connectivity index (χ2v) is 10.6. The van der Waals surface area contributed by atoms with Crippen molar-refractivity contribution in [1.82, 2.24) is 4.57 Å². The summed E-state index contributed by atoms with van der Waals surface area (Å²) in [5.74, 6) is 0. The van der Waals surface area contributed by atoms with Gasteiger partial charge in [0.15, 0.2) is 0 Å². The van der Waals surface area contributed by atoms with Gasteiger partial charge in [-0.25, -0.2) is 0 Å². The molecule has 0 spiro atoms. The molecule has 3 aromatic carbocycles. The third kappa shape index (κ3) is 3.29. The Bertz CT molecular complexity index is 1040. The van der Waals surface area contributed by atoms with E-state index in [0.717, 1.165) is 0 Å². The molecular weight excluding hydrogens is 365 g/mol. The Kier molecular flexibility index (Phi) is 5.99. The zero-order valence-electron chi connectivity index (χ0n) is 16.4. The van der Waals surface area contributed by atoms with Gasteiger partial charge in [0.05, 0.1) is 0 Å². The number of benzene rings is 3. The molecule has 0 aliphatic carbocycles. The lowest BCUT2D eigenvalue weighted by atomic mass is 10.2. The summed E-state index contributed by atoms with van der Waals surface area (Å²) in [6.45, 7) is 6.20. The number of hydrogen-bond acceptors (Lipinski definition) is 1. The number of aromatic nitrogens is 1. The van der Waals surface area contributed by atoms with E-state index in [9.17, 15) is 0 Å². The van der Waals surface area contributed by atoms with Gasteiger partial charge in [0.2, 0.25) is 0 Å². The standard InChI is InChI=1S/C22H20NPS.C2H6/c1-17-22(20-15-9-10-16-21(20)23(17)2)24(25,18-11-5-3-6-12-18)19-13-7-4-8-14-19;1-2/h3-16H,1-2H3;1-2H3. The van der Waals surface area contributed by atoms with Gasteiger partial charge in [0, 0.05) is 35.0 Å². The molecule has 1 aromatic heterocycles. The molecule has 0 N–H and O–H groups in total. The maximum Gasteiger partial charge on any atom is 0.0486 e. The van der Waals surface area contributed by atoms with Gasteiger partial charge >= 0.3 is 0 Å². The SMILES string of the molecule is CC.Cc1c(P(=S)(c2ccccc2)c2ccccc2)c2ccccc2n1C. The van der Waals surface area contributed by atoms with Crippen LogP contribution in [-0.4, -0.2) is 4.57 Å². The molecule has 0 atom stereocenters. The number of aryl methyl sites for hydroxylation is 1. The summed E-state index contributed by atoms with van der Waals surface area (Å²) in [7, 11) is 2.14. The first kappa shape index (κ1) is 19.6. The van der Waals surface area contributed by atoms with Crippen LogP contribution in [0.15, 0.2) is 84.9 Å². The molecule has 0 fully saturated rings. The van der Waals surface area contributed by atoms with Crippen molar-refractivity contribution < 1.29 is 0 Å². The molecule has 0 aliphatic rings. The zero-order chi connectivity index (χ0) is 19.4. The van der Waals surface area contributed by atoms with Crippen LogP contribution in [-0.2, 0) is 18.9 Å². The first-order chi connectivity index (χ1) is 13.1. The largest absolute Gasteiger partial charge is 0.347 e. The first-order valence-corrected chi connectivity index (χ1v) is 12.2. The smallest absolute Gasteiger partial charge is 0.0486 e.